The van der Waals surface area contributed by atoms with Gasteiger partial charge in [0.25, 0.3) is 0 Å². The van der Waals surface area contributed by atoms with Crippen molar-refractivity contribution in [3.05, 3.63) is 34.3 Å². The molecule has 1 aromatic carbocycles. The molecule has 0 aliphatic carbocycles. The number of carbonyl (C=O) groups excluding carboxylic acids is 1. The lowest BCUT2D eigenvalue weighted by Crippen LogP contribution is -2.25. The second kappa shape index (κ2) is 6.88. The topological polar surface area (TPSA) is 63.6 Å². The lowest BCUT2D eigenvalue weighted by molar-refractivity contribution is -0.155. The van der Waals surface area contributed by atoms with Crippen molar-refractivity contribution < 1.29 is 19.4 Å². The summed E-state index contributed by atoms with van der Waals surface area (Å²) in [5.74, 6) is -1.69. The summed E-state index contributed by atoms with van der Waals surface area (Å²) in [6.07, 6.45) is -0.0356. The van der Waals surface area contributed by atoms with E-state index in [9.17, 15) is 9.59 Å². The number of carboxylic acids is 1. The molecule has 5 heteroatoms. The number of halogens is 1. The van der Waals surface area contributed by atoms with Gasteiger partial charge < -0.3 is 9.84 Å². The van der Waals surface area contributed by atoms with Crippen molar-refractivity contribution in [3.8, 4) is 0 Å². The van der Waals surface area contributed by atoms with Crippen LogP contribution in [-0.2, 0) is 14.3 Å². The summed E-state index contributed by atoms with van der Waals surface area (Å²) in [6, 6.07) is 7.31. The average Bonchev–Trinajstić information content (AvgIpc) is 2.25. The first-order valence-electron chi connectivity index (χ1n) is 6.36. The number of benzene rings is 1. The third-order valence-corrected chi connectivity index (χ3v) is 3.12. The minimum absolute atomic E-state index is 0.0607. The maximum absolute atomic E-state index is 11.9. The summed E-state index contributed by atoms with van der Waals surface area (Å²) in [5, 5.41) is 8.98. The molecule has 0 aliphatic heterocycles. The molecule has 110 valence electrons. The fraction of sp³-hybridized carbons (Fsp3) is 0.467. The van der Waals surface area contributed by atoms with Crippen molar-refractivity contribution >= 4 is 27.9 Å². The van der Waals surface area contributed by atoms with Crippen LogP contribution < -0.4 is 0 Å². The van der Waals surface area contributed by atoms with E-state index in [4.69, 9.17) is 9.84 Å². The Hall–Kier alpha value is -1.36. The van der Waals surface area contributed by atoms with Crippen molar-refractivity contribution in [2.24, 2.45) is 0 Å². The van der Waals surface area contributed by atoms with E-state index < -0.39 is 11.6 Å². The summed E-state index contributed by atoms with van der Waals surface area (Å²) >= 11 is 3.33. The average molecular weight is 343 g/mol. The quantitative estimate of drug-likeness (QED) is 0.828. The number of rotatable bonds is 5. The lowest BCUT2D eigenvalue weighted by Gasteiger charge is -2.22. The molecule has 0 bridgehead atoms. The van der Waals surface area contributed by atoms with Gasteiger partial charge in [-0.25, -0.2) is 0 Å². The Bertz CT molecular complexity index is 474. The van der Waals surface area contributed by atoms with Crippen LogP contribution in [0.25, 0.3) is 0 Å². The summed E-state index contributed by atoms with van der Waals surface area (Å²) in [4.78, 5) is 22.8. The van der Waals surface area contributed by atoms with Crippen LogP contribution in [0, 0.1) is 0 Å². The van der Waals surface area contributed by atoms with E-state index in [1.165, 1.54) is 0 Å². The second-order valence-corrected chi connectivity index (χ2v) is 6.55. The van der Waals surface area contributed by atoms with E-state index in [-0.39, 0.29) is 24.7 Å². The Morgan fingerprint density at radius 1 is 1.20 bits per heavy atom. The summed E-state index contributed by atoms with van der Waals surface area (Å²) < 4.78 is 6.16. The largest absolute Gasteiger partial charge is 0.481 e. The molecule has 1 atom stereocenters. The van der Waals surface area contributed by atoms with Crippen LogP contribution in [0.4, 0.5) is 0 Å². The molecule has 0 aliphatic rings. The van der Waals surface area contributed by atoms with Crippen molar-refractivity contribution in [2.45, 2.75) is 45.1 Å². The van der Waals surface area contributed by atoms with Gasteiger partial charge in [-0.05, 0) is 38.5 Å². The number of hydrogen-bond acceptors (Lipinski definition) is 3. The Morgan fingerprint density at radius 2 is 1.75 bits per heavy atom. The van der Waals surface area contributed by atoms with Gasteiger partial charge in [-0.2, -0.15) is 0 Å². The molecule has 1 aromatic rings. The van der Waals surface area contributed by atoms with Gasteiger partial charge in [0.05, 0.1) is 12.8 Å². The highest BCUT2D eigenvalue weighted by Gasteiger charge is 2.23. The third kappa shape index (κ3) is 6.19. The Labute approximate surface area is 127 Å². The number of esters is 1. The first-order chi connectivity index (χ1) is 9.17. The fourth-order valence-electron chi connectivity index (χ4n) is 1.84. The summed E-state index contributed by atoms with van der Waals surface area (Å²) in [7, 11) is 0. The monoisotopic (exact) mass is 342 g/mol. The molecule has 0 fully saturated rings. The predicted molar refractivity (Wildman–Crippen MR) is 79.6 cm³/mol. The van der Waals surface area contributed by atoms with Crippen LogP contribution in [0.5, 0.6) is 0 Å². The summed E-state index contributed by atoms with van der Waals surface area (Å²) in [5.41, 5.74) is 0.256. The van der Waals surface area contributed by atoms with Gasteiger partial charge in [0, 0.05) is 10.4 Å². The molecule has 0 saturated carbocycles. The van der Waals surface area contributed by atoms with Gasteiger partial charge in [0.1, 0.15) is 5.60 Å². The fourth-order valence-corrected chi connectivity index (χ4v) is 2.10. The van der Waals surface area contributed by atoms with E-state index in [1.54, 1.807) is 20.8 Å². The van der Waals surface area contributed by atoms with Crippen molar-refractivity contribution in [1.29, 1.82) is 0 Å². The van der Waals surface area contributed by atoms with Gasteiger partial charge >= 0.3 is 11.9 Å². The molecule has 0 spiro atoms. The molecule has 1 N–H and O–H groups in total. The predicted octanol–water partition coefficient (Wildman–Crippen LogP) is 3.74. The zero-order valence-corrected chi connectivity index (χ0v) is 13.4. The van der Waals surface area contributed by atoms with E-state index in [0.717, 1.165) is 10.0 Å². The van der Waals surface area contributed by atoms with Gasteiger partial charge in [-0.15, -0.1) is 0 Å². The number of hydrogen-bond donors (Lipinski definition) is 1. The molecule has 0 saturated heterocycles. The minimum Gasteiger partial charge on any atom is -0.481 e. The molecule has 0 aromatic heterocycles. The highest BCUT2D eigenvalue weighted by molar-refractivity contribution is 9.10. The maximum Gasteiger partial charge on any atom is 0.306 e. The smallest absolute Gasteiger partial charge is 0.306 e. The van der Waals surface area contributed by atoms with Gasteiger partial charge in [-0.1, -0.05) is 28.1 Å². The molecular weight excluding hydrogens is 324 g/mol. The van der Waals surface area contributed by atoms with E-state index in [2.05, 4.69) is 15.9 Å². The molecular formula is C15H19BrO4. The second-order valence-electron chi connectivity index (χ2n) is 5.64. The number of carboxylic acid groups (broad SMARTS) is 1. The van der Waals surface area contributed by atoms with Gasteiger partial charge in [-0.3, -0.25) is 9.59 Å². The van der Waals surface area contributed by atoms with Gasteiger partial charge in [0.2, 0.25) is 0 Å². The van der Waals surface area contributed by atoms with E-state index >= 15 is 0 Å². The lowest BCUT2D eigenvalue weighted by atomic mass is 9.92. The van der Waals surface area contributed by atoms with Crippen LogP contribution in [0.2, 0.25) is 0 Å². The molecule has 0 radical (unpaired) electrons. The SMILES string of the molecule is CC(C)(C)OC(=O)C[C@H](CC(=O)O)c1ccc(Br)cc1. The first kappa shape index (κ1) is 16.7. The van der Waals surface area contributed by atoms with Crippen molar-refractivity contribution in [1.82, 2.24) is 0 Å². The molecule has 0 unspecified atom stereocenters. The van der Waals surface area contributed by atoms with E-state index in [0.29, 0.717) is 0 Å². The molecule has 0 heterocycles. The zero-order valence-electron chi connectivity index (χ0n) is 11.9. The van der Waals surface area contributed by atoms with Crippen molar-refractivity contribution in [3.63, 3.8) is 0 Å². The molecule has 1 rings (SSSR count). The minimum atomic E-state index is -0.929. The zero-order chi connectivity index (χ0) is 15.3. The van der Waals surface area contributed by atoms with Crippen LogP contribution in [0.3, 0.4) is 0 Å². The van der Waals surface area contributed by atoms with Crippen LogP contribution >= 0.6 is 15.9 Å². The number of ether oxygens (including phenoxy) is 1. The number of aliphatic carboxylic acids is 1. The molecule has 4 nitrogen and oxygen atoms in total. The Morgan fingerprint density at radius 3 is 2.20 bits per heavy atom. The Balaban J connectivity index is 2.82. The van der Waals surface area contributed by atoms with Gasteiger partial charge in [0.15, 0.2) is 0 Å². The molecule has 0 amide bonds. The highest BCUT2D eigenvalue weighted by Crippen LogP contribution is 2.26. The normalized spacial score (nSPS) is 12.8. The first-order valence-corrected chi connectivity index (χ1v) is 7.16. The van der Waals surface area contributed by atoms with Crippen molar-refractivity contribution in [2.75, 3.05) is 0 Å². The maximum atomic E-state index is 11.9. The van der Waals surface area contributed by atoms with E-state index in [1.807, 2.05) is 24.3 Å². The van der Waals surface area contributed by atoms with Crippen LogP contribution in [0.1, 0.15) is 45.1 Å². The third-order valence-electron chi connectivity index (χ3n) is 2.60. The summed E-state index contributed by atoms with van der Waals surface area (Å²) in [6.45, 7) is 5.37. The highest BCUT2D eigenvalue weighted by atomic mass is 79.9. The standard InChI is InChI=1S/C15H19BrO4/c1-15(2,3)20-14(19)9-11(8-13(17)18)10-4-6-12(16)7-5-10/h4-7,11H,8-9H2,1-3H3,(H,17,18)/t11-/m0/s1. The van der Waals surface area contributed by atoms with Crippen LogP contribution in [0.15, 0.2) is 28.7 Å². The number of carbonyl (C=O) groups is 2. The van der Waals surface area contributed by atoms with Crippen LogP contribution in [-0.4, -0.2) is 22.6 Å². The molecule has 20 heavy (non-hydrogen) atoms. The Kier molecular flexibility index (Phi) is 5.74.